The molecule has 0 radical (unpaired) electrons. The monoisotopic (exact) mass is 269 g/mol. The van der Waals surface area contributed by atoms with E-state index in [4.69, 9.17) is 9.47 Å². The van der Waals surface area contributed by atoms with Gasteiger partial charge in [-0.1, -0.05) is 13.8 Å². The van der Waals surface area contributed by atoms with Crippen molar-refractivity contribution in [1.82, 2.24) is 5.32 Å². The number of carbonyl (C=O) groups is 2. The van der Waals surface area contributed by atoms with Crippen LogP contribution >= 0.6 is 0 Å². The minimum absolute atomic E-state index is 0.103. The van der Waals surface area contributed by atoms with Crippen LogP contribution in [0.5, 0.6) is 0 Å². The van der Waals surface area contributed by atoms with Gasteiger partial charge in [0.2, 0.25) is 0 Å². The van der Waals surface area contributed by atoms with Gasteiger partial charge in [-0.15, -0.1) is 0 Å². The van der Waals surface area contributed by atoms with E-state index in [1.54, 1.807) is 7.11 Å². The first kappa shape index (κ1) is 14.3. The Labute approximate surface area is 114 Å². The number of amides is 1. The summed E-state index contributed by atoms with van der Waals surface area (Å²) >= 11 is 0. The zero-order valence-corrected chi connectivity index (χ0v) is 12.3. The molecule has 2 fully saturated rings. The van der Waals surface area contributed by atoms with Gasteiger partial charge in [-0.2, -0.15) is 0 Å². The van der Waals surface area contributed by atoms with Crippen molar-refractivity contribution in [3.05, 3.63) is 0 Å². The van der Waals surface area contributed by atoms with Crippen LogP contribution in [0.2, 0.25) is 0 Å². The predicted molar refractivity (Wildman–Crippen MR) is 69.4 cm³/mol. The average Bonchev–Trinajstić information content (AvgIpc) is 2.59. The smallest absolute Gasteiger partial charge is 0.313 e. The van der Waals surface area contributed by atoms with Gasteiger partial charge < -0.3 is 14.8 Å². The molecule has 1 N–H and O–H groups in total. The first-order chi connectivity index (χ1) is 8.71. The summed E-state index contributed by atoms with van der Waals surface area (Å²) in [6, 6.07) is -0.103. The molecule has 1 saturated heterocycles. The van der Waals surface area contributed by atoms with Crippen molar-refractivity contribution in [1.29, 1.82) is 0 Å². The number of esters is 1. The van der Waals surface area contributed by atoms with Gasteiger partial charge in [-0.25, -0.2) is 0 Å². The number of rotatable bonds is 4. The quantitative estimate of drug-likeness (QED) is 0.780. The highest BCUT2D eigenvalue weighted by Gasteiger charge is 2.75. The molecule has 2 bridgehead atoms. The van der Waals surface area contributed by atoms with Gasteiger partial charge in [-0.05, 0) is 26.7 Å². The summed E-state index contributed by atoms with van der Waals surface area (Å²) in [7, 11) is 1.59. The maximum absolute atomic E-state index is 12.6. The third kappa shape index (κ3) is 1.64. The van der Waals surface area contributed by atoms with Crippen LogP contribution in [0.25, 0.3) is 0 Å². The Hall–Kier alpha value is -1.10. The lowest BCUT2D eigenvalue weighted by atomic mass is 9.66. The molecule has 0 aromatic carbocycles. The molecule has 19 heavy (non-hydrogen) atoms. The Kier molecular flexibility index (Phi) is 3.16. The van der Waals surface area contributed by atoms with E-state index in [0.29, 0.717) is 19.4 Å². The lowest BCUT2D eigenvalue weighted by Crippen LogP contribution is -2.55. The molecule has 3 atom stereocenters. The number of nitrogens with one attached hydrogen (secondary N) is 1. The average molecular weight is 269 g/mol. The molecule has 0 unspecified atom stereocenters. The molecule has 0 aromatic rings. The van der Waals surface area contributed by atoms with E-state index in [1.165, 1.54) is 0 Å². The van der Waals surface area contributed by atoms with E-state index < -0.39 is 16.4 Å². The van der Waals surface area contributed by atoms with Crippen molar-refractivity contribution in [2.45, 2.75) is 52.2 Å². The van der Waals surface area contributed by atoms with E-state index in [0.717, 1.165) is 0 Å². The molecular weight excluding hydrogens is 246 g/mol. The molecule has 1 aliphatic carbocycles. The molecule has 1 aliphatic heterocycles. The van der Waals surface area contributed by atoms with Crippen molar-refractivity contribution >= 4 is 11.9 Å². The summed E-state index contributed by atoms with van der Waals surface area (Å²) in [4.78, 5) is 24.6. The van der Waals surface area contributed by atoms with Crippen LogP contribution in [0, 0.1) is 10.8 Å². The Balaban J connectivity index is 2.24. The van der Waals surface area contributed by atoms with E-state index in [-0.39, 0.29) is 17.9 Å². The van der Waals surface area contributed by atoms with Crippen LogP contribution in [-0.4, -0.2) is 37.2 Å². The van der Waals surface area contributed by atoms with Gasteiger partial charge >= 0.3 is 5.97 Å². The predicted octanol–water partition coefficient (Wildman–Crippen LogP) is 1.26. The number of fused-ring (bicyclic) bond motifs is 2. The highest BCUT2D eigenvalue weighted by molar-refractivity contribution is 5.96. The summed E-state index contributed by atoms with van der Waals surface area (Å²) < 4.78 is 10.5. The Morgan fingerprint density at radius 3 is 2.47 bits per heavy atom. The van der Waals surface area contributed by atoms with Gasteiger partial charge in [0, 0.05) is 18.6 Å². The molecule has 1 saturated carbocycles. The maximum atomic E-state index is 12.6. The highest BCUT2D eigenvalue weighted by Crippen LogP contribution is 2.65. The third-order valence-corrected chi connectivity index (χ3v) is 5.24. The molecule has 5 heteroatoms. The van der Waals surface area contributed by atoms with Gasteiger partial charge in [0.15, 0.2) is 5.60 Å². The van der Waals surface area contributed by atoms with Crippen LogP contribution in [-0.2, 0) is 19.1 Å². The van der Waals surface area contributed by atoms with Crippen LogP contribution in [0.4, 0.5) is 0 Å². The molecule has 0 aromatic heterocycles. The van der Waals surface area contributed by atoms with Crippen molar-refractivity contribution in [2.75, 3.05) is 13.7 Å². The van der Waals surface area contributed by atoms with Gasteiger partial charge in [0.1, 0.15) is 0 Å². The SMILES string of the molecule is COC[C@H](C)NC(=O)[C@@]12CC[C@@](C)(C(=O)O1)C2(C)C. The summed E-state index contributed by atoms with van der Waals surface area (Å²) in [6.07, 6.45) is 1.29. The van der Waals surface area contributed by atoms with E-state index in [2.05, 4.69) is 5.32 Å². The Morgan fingerprint density at radius 2 is 2.05 bits per heavy atom. The lowest BCUT2D eigenvalue weighted by Gasteiger charge is -2.36. The molecule has 1 amide bonds. The first-order valence-corrected chi connectivity index (χ1v) is 6.74. The van der Waals surface area contributed by atoms with Gasteiger partial charge in [0.25, 0.3) is 5.91 Å². The number of hydrogen-bond acceptors (Lipinski definition) is 4. The van der Waals surface area contributed by atoms with Crippen molar-refractivity contribution in [2.24, 2.45) is 10.8 Å². The fourth-order valence-corrected chi connectivity index (χ4v) is 3.38. The maximum Gasteiger partial charge on any atom is 0.313 e. The summed E-state index contributed by atoms with van der Waals surface area (Å²) in [5, 5.41) is 2.89. The minimum Gasteiger partial charge on any atom is -0.448 e. The number of hydrogen-bond donors (Lipinski definition) is 1. The van der Waals surface area contributed by atoms with Gasteiger partial charge in [0.05, 0.1) is 12.0 Å². The van der Waals surface area contributed by atoms with E-state index >= 15 is 0 Å². The zero-order chi connectivity index (χ0) is 14.5. The topological polar surface area (TPSA) is 64.6 Å². The van der Waals surface area contributed by atoms with Crippen LogP contribution in [0.15, 0.2) is 0 Å². The van der Waals surface area contributed by atoms with Crippen molar-refractivity contribution in [3.63, 3.8) is 0 Å². The molecule has 2 aliphatic rings. The normalized spacial score (nSPS) is 37.0. The Bertz CT molecular complexity index is 420. The molecule has 5 nitrogen and oxygen atoms in total. The van der Waals surface area contributed by atoms with Crippen molar-refractivity contribution in [3.8, 4) is 0 Å². The van der Waals surface area contributed by atoms with E-state index in [1.807, 2.05) is 27.7 Å². The first-order valence-electron chi connectivity index (χ1n) is 6.74. The summed E-state index contributed by atoms with van der Waals surface area (Å²) in [5.74, 6) is -0.449. The largest absolute Gasteiger partial charge is 0.448 e. The minimum atomic E-state index is -1.03. The molecule has 2 rings (SSSR count). The molecule has 1 heterocycles. The molecule has 0 spiro atoms. The molecular formula is C14H23NO4. The summed E-state index contributed by atoms with van der Waals surface area (Å²) in [5.41, 5.74) is -2.08. The second kappa shape index (κ2) is 4.20. The Morgan fingerprint density at radius 1 is 1.42 bits per heavy atom. The second-order valence-corrected chi connectivity index (χ2v) is 6.50. The number of carbonyl (C=O) groups excluding carboxylic acids is 2. The highest BCUT2D eigenvalue weighted by atomic mass is 16.6. The van der Waals surface area contributed by atoms with E-state index in [9.17, 15) is 9.59 Å². The van der Waals surface area contributed by atoms with Crippen LogP contribution < -0.4 is 5.32 Å². The zero-order valence-electron chi connectivity index (χ0n) is 12.3. The fourth-order valence-electron chi connectivity index (χ4n) is 3.38. The second-order valence-electron chi connectivity index (χ2n) is 6.50. The van der Waals surface area contributed by atoms with Crippen LogP contribution in [0.1, 0.15) is 40.5 Å². The summed E-state index contributed by atoms with van der Waals surface area (Å²) in [6.45, 7) is 8.11. The van der Waals surface area contributed by atoms with Crippen molar-refractivity contribution < 1.29 is 19.1 Å². The number of methoxy groups -OCH3 is 1. The van der Waals surface area contributed by atoms with Crippen LogP contribution in [0.3, 0.4) is 0 Å². The molecule has 108 valence electrons. The van der Waals surface area contributed by atoms with Gasteiger partial charge in [-0.3, -0.25) is 9.59 Å². The fraction of sp³-hybridized carbons (Fsp3) is 0.857. The number of ether oxygens (including phenoxy) is 2. The third-order valence-electron chi connectivity index (χ3n) is 5.24. The lowest BCUT2D eigenvalue weighted by molar-refractivity contribution is -0.168. The standard InChI is InChI=1S/C14H23NO4/c1-9(8-18-5)15-10(16)14-7-6-13(4,11(17)19-14)12(14,2)3/h9H,6-8H2,1-5H3,(H,15,16)/t9-,13-,14+/m0/s1.